The number of hydrogen-bond acceptors (Lipinski definition) is 2. The summed E-state index contributed by atoms with van der Waals surface area (Å²) in [7, 11) is 1.63. The van der Waals surface area contributed by atoms with E-state index in [0.29, 0.717) is 13.1 Å². The predicted octanol–water partition coefficient (Wildman–Crippen LogP) is 3.46. The van der Waals surface area contributed by atoms with Crippen molar-refractivity contribution in [2.24, 2.45) is 0 Å². The lowest BCUT2D eigenvalue weighted by Crippen LogP contribution is -2.31. The van der Waals surface area contributed by atoms with E-state index in [1.165, 1.54) is 0 Å². The van der Waals surface area contributed by atoms with E-state index in [-0.39, 0.29) is 11.8 Å². The van der Waals surface area contributed by atoms with Gasteiger partial charge in [0.25, 0.3) is 0 Å². The van der Waals surface area contributed by atoms with Gasteiger partial charge >= 0.3 is 0 Å². The van der Waals surface area contributed by atoms with Crippen molar-refractivity contribution in [3.8, 4) is 5.75 Å². The van der Waals surface area contributed by atoms with Crippen molar-refractivity contribution in [1.82, 2.24) is 4.90 Å². The molecule has 0 bridgehead atoms. The fourth-order valence-corrected chi connectivity index (χ4v) is 2.33. The number of para-hydroxylation sites is 1. The molecular weight excluding hydrogens is 286 g/mol. The van der Waals surface area contributed by atoms with Gasteiger partial charge in [-0.15, -0.1) is 11.6 Å². The molecule has 0 radical (unpaired) electrons. The van der Waals surface area contributed by atoms with Crippen molar-refractivity contribution in [3.05, 3.63) is 65.7 Å². The Hall–Kier alpha value is -2.00. The van der Waals surface area contributed by atoms with E-state index in [4.69, 9.17) is 16.3 Å². The number of carbonyl (C=O) groups is 1. The number of hydrogen-bond donors (Lipinski definition) is 0. The molecule has 0 atom stereocenters. The molecule has 110 valence electrons. The lowest BCUT2D eigenvalue weighted by Gasteiger charge is -2.23. The summed E-state index contributed by atoms with van der Waals surface area (Å²) in [6.07, 6.45) is 0. The summed E-state index contributed by atoms with van der Waals surface area (Å²) in [6.45, 7) is 1.01. The number of nitrogens with zero attached hydrogens (tertiary/aromatic N) is 1. The number of alkyl halides is 1. The van der Waals surface area contributed by atoms with Gasteiger partial charge in [-0.3, -0.25) is 4.79 Å². The van der Waals surface area contributed by atoms with Crippen LogP contribution in [0.5, 0.6) is 5.75 Å². The van der Waals surface area contributed by atoms with E-state index in [1.807, 2.05) is 54.6 Å². The summed E-state index contributed by atoms with van der Waals surface area (Å²) in [5, 5.41) is 0. The van der Waals surface area contributed by atoms with Crippen LogP contribution in [0.15, 0.2) is 54.6 Å². The third kappa shape index (κ3) is 4.23. The van der Waals surface area contributed by atoms with Crippen LogP contribution in [0.3, 0.4) is 0 Å². The Labute approximate surface area is 130 Å². The van der Waals surface area contributed by atoms with Crippen molar-refractivity contribution < 1.29 is 9.53 Å². The Balaban J connectivity index is 2.19. The normalized spacial score (nSPS) is 10.2. The molecule has 21 heavy (non-hydrogen) atoms. The number of amides is 1. The molecule has 0 N–H and O–H groups in total. The van der Waals surface area contributed by atoms with Crippen molar-refractivity contribution >= 4 is 17.5 Å². The summed E-state index contributed by atoms with van der Waals surface area (Å²) >= 11 is 5.73. The quantitative estimate of drug-likeness (QED) is 0.765. The zero-order valence-corrected chi connectivity index (χ0v) is 12.7. The van der Waals surface area contributed by atoms with Gasteiger partial charge in [0.15, 0.2) is 0 Å². The number of benzene rings is 2. The molecule has 0 saturated heterocycles. The standard InChI is InChI=1S/C17H18ClNO2/c1-21-16-10-6-5-9-15(16)13-19(17(20)11-18)12-14-7-3-2-4-8-14/h2-10H,11-13H2,1H3. The molecule has 3 nitrogen and oxygen atoms in total. The maximum atomic E-state index is 12.1. The molecule has 0 unspecified atom stereocenters. The van der Waals surface area contributed by atoms with Crippen molar-refractivity contribution in [2.45, 2.75) is 13.1 Å². The molecular formula is C17H18ClNO2. The molecule has 2 rings (SSSR count). The first-order valence-electron chi connectivity index (χ1n) is 6.74. The van der Waals surface area contributed by atoms with Crippen LogP contribution >= 0.6 is 11.6 Å². The largest absolute Gasteiger partial charge is 0.496 e. The van der Waals surface area contributed by atoms with Crippen molar-refractivity contribution in [1.29, 1.82) is 0 Å². The minimum absolute atomic E-state index is 0.0258. The van der Waals surface area contributed by atoms with Crippen LogP contribution in [0.2, 0.25) is 0 Å². The molecule has 0 aromatic heterocycles. The van der Waals surface area contributed by atoms with Crippen LogP contribution in [0.4, 0.5) is 0 Å². The maximum absolute atomic E-state index is 12.1. The highest BCUT2D eigenvalue weighted by Gasteiger charge is 2.15. The molecule has 0 aliphatic heterocycles. The highest BCUT2D eigenvalue weighted by Crippen LogP contribution is 2.20. The molecule has 1 amide bonds. The summed E-state index contributed by atoms with van der Waals surface area (Å²) in [5.74, 6) is 0.659. The van der Waals surface area contributed by atoms with Gasteiger partial charge in [0.2, 0.25) is 5.91 Å². The highest BCUT2D eigenvalue weighted by molar-refractivity contribution is 6.27. The second-order valence-electron chi connectivity index (χ2n) is 4.68. The monoisotopic (exact) mass is 303 g/mol. The Morgan fingerprint density at radius 3 is 2.38 bits per heavy atom. The van der Waals surface area contributed by atoms with E-state index < -0.39 is 0 Å². The van der Waals surface area contributed by atoms with Crippen LogP contribution in [-0.4, -0.2) is 23.8 Å². The van der Waals surface area contributed by atoms with Gasteiger partial charge in [-0.1, -0.05) is 48.5 Å². The maximum Gasteiger partial charge on any atom is 0.238 e. The lowest BCUT2D eigenvalue weighted by molar-refractivity contribution is -0.129. The minimum atomic E-state index is -0.0913. The van der Waals surface area contributed by atoms with E-state index in [2.05, 4.69) is 0 Å². The zero-order valence-electron chi connectivity index (χ0n) is 12.0. The van der Waals surface area contributed by atoms with Crippen LogP contribution in [0, 0.1) is 0 Å². The Morgan fingerprint density at radius 1 is 1.05 bits per heavy atom. The number of ether oxygens (including phenoxy) is 1. The first-order chi connectivity index (χ1) is 10.2. The second-order valence-corrected chi connectivity index (χ2v) is 4.95. The van der Waals surface area contributed by atoms with E-state index in [0.717, 1.165) is 16.9 Å². The van der Waals surface area contributed by atoms with E-state index in [1.54, 1.807) is 12.0 Å². The van der Waals surface area contributed by atoms with Crippen molar-refractivity contribution in [2.75, 3.05) is 13.0 Å². The van der Waals surface area contributed by atoms with Crippen LogP contribution in [-0.2, 0) is 17.9 Å². The fraction of sp³-hybridized carbons (Fsp3) is 0.235. The van der Waals surface area contributed by atoms with E-state index >= 15 is 0 Å². The number of halogens is 1. The molecule has 0 heterocycles. The van der Waals surface area contributed by atoms with Gasteiger partial charge in [-0.2, -0.15) is 0 Å². The topological polar surface area (TPSA) is 29.5 Å². The number of rotatable bonds is 6. The predicted molar refractivity (Wildman–Crippen MR) is 84.4 cm³/mol. The molecule has 0 aliphatic rings. The summed E-state index contributed by atoms with van der Waals surface area (Å²) in [5.41, 5.74) is 2.04. The smallest absolute Gasteiger partial charge is 0.238 e. The molecule has 2 aromatic rings. The average Bonchev–Trinajstić information content (AvgIpc) is 2.55. The van der Waals surface area contributed by atoms with Gasteiger partial charge in [0.05, 0.1) is 7.11 Å². The highest BCUT2D eigenvalue weighted by atomic mass is 35.5. The third-order valence-electron chi connectivity index (χ3n) is 3.24. The fourth-order valence-electron chi connectivity index (χ4n) is 2.16. The van der Waals surface area contributed by atoms with Gasteiger partial charge < -0.3 is 9.64 Å². The summed E-state index contributed by atoms with van der Waals surface area (Å²) < 4.78 is 5.34. The Bertz CT molecular complexity index is 586. The molecule has 0 spiro atoms. The SMILES string of the molecule is COc1ccccc1CN(Cc1ccccc1)C(=O)CCl. The average molecular weight is 304 g/mol. The van der Waals surface area contributed by atoms with Gasteiger partial charge in [-0.05, 0) is 11.6 Å². The molecule has 2 aromatic carbocycles. The Kier molecular flexibility index (Phi) is 5.64. The Morgan fingerprint density at radius 2 is 1.71 bits per heavy atom. The van der Waals surface area contributed by atoms with Gasteiger partial charge in [-0.25, -0.2) is 0 Å². The molecule has 0 aliphatic carbocycles. The third-order valence-corrected chi connectivity index (χ3v) is 3.47. The van der Waals surface area contributed by atoms with Gasteiger partial charge in [0, 0.05) is 18.7 Å². The van der Waals surface area contributed by atoms with E-state index in [9.17, 15) is 4.79 Å². The van der Waals surface area contributed by atoms with Crippen LogP contribution < -0.4 is 4.74 Å². The zero-order chi connectivity index (χ0) is 15.1. The molecule has 0 saturated carbocycles. The number of methoxy groups -OCH3 is 1. The summed E-state index contributed by atoms with van der Waals surface area (Å²) in [6, 6.07) is 17.6. The minimum Gasteiger partial charge on any atom is -0.496 e. The number of carbonyl (C=O) groups excluding carboxylic acids is 1. The first kappa shape index (κ1) is 15.4. The second kappa shape index (κ2) is 7.70. The van der Waals surface area contributed by atoms with Crippen molar-refractivity contribution in [3.63, 3.8) is 0 Å². The lowest BCUT2D eigenvalue weighted by atomic mass is 10.1. The summed E-state index contributed by atoms with van der Waals surface area (Å²) in [4.78, 5) is 13.8. The van der Waals surface area contributed by atoms with Gasteiger partial charge in [0.1, 0.15) is 11.6 Å². The molecule has 4 heteroatoms. The van der Waals surface area contributed by atoms with Crippen LogP contribution in [0.1, 0.15) is 11.1 Å². The molecule has 0 fully saturated rings. The van der Waals surface area contributed by atoms with Crippen LogP contribution in [0.25, 0.3) is 0 Å². The first-order valence-corrected chi connectivity index (χ1v) is 7.27.